The summed E-state index contributed by atoms with van der Waals surface area (Å²) in [6.07, 6.45) is 3.32. The highest BCUT2D eigenvalue weighted by atomic mass is 32.2. The number of benzene rings is 1. The van der Waals surface area contributed by atoms with E-state index in [1.807, 2.05) is 6.07 Å². The topological polar surface area (TPSA) is 59.5 Å². The van der Waals surface area contributed by atoms with Gasteiger partial charge in [-0.1, -0.05) is 6.07 Å². The molecule has 0 amide bonds. The van der Waals surface area contributed by atoms with Crippen LogP contribution in [-0.4, -0.2) is 31.9 Å². The third-order valence-corrected chi connectivity index (χ3v) is 5.16. The van der Waals surface area contributed by atoms with E-state index in [1.54, 1.807) is 57.7 Å². The molecular weight excluding hydrogens is 288 g/mol. The van der Waals surface area contributed by atoms with Crippen LogP contribution < -0.4 is 4.74 Å². The zero-order chi connectivity index (χ0) is 15.5. The van der Waals surface area contributed by atoms with Crippen LogP contribution in [0, 0.1) is 6.92 Å². The molecule has 0 fully saturated rings. The quantitative estimate of drug-likeness (QED) is 0.850. The van der Waals surface area contributed by atoms with Crippen molar-refractivity contribution in [1.82, 2.24) is 9.29 Å². The molecule has 1 aromatic heterocycles. The van der Waals surface area contributed by atoms with E-state index < -0.39 is 10.0 Å². The van der Waals surface area contributed by atoms with E-state index in [0.717, 1.165) is 5.56 Å². The summed E-state index contributed by atoms with van der Waals surface area (Å²) < 4.78 is 31.7. The number of ether oxygens (including phenoxy) is 1. The smallest absolute Gasteiger partial charge is 0.243 e. The van der Waals surface area contributed by atoms with E-state index in [2.05, 4.69) is 4.98 Å². The van der Waals surface area contributed by atoms with Crippen LogP contribution in [0.25, 0.3) is 0 Å². The van der Waals surface area contributed by atoms with Gasteiger partial charge in [0, 0.05) is 26.0 Å². The molecule has 0 radical (unpaired) electrons. The molecule has 1 aromatic carbocycles. The molecule has 0 atom stereocenters. The van der Waals surface area contributed by atoms with Crippen LogP contribution in [0.15, 0.2) is 47.6 Å². The second kappa shape index (κ2) is 6.24. The Morgan fingerprint density at radius 3 is 2.62 bits per heavy atom. The molecule has 0 bridgehead atoms. The summed E-state index contributed by atoms with van der Waals surface area (Å²) in [5.74, 6) is 0.640. The van der Waals surface area contributed by atoms with Crippen molar-refractivity contribution in [1.29, 1.82) is 0 Å². The molecule has 2 aromatic rings. The Morgan fingerprint density at radius 2 is 2.05 bits per heavy atom. The van der Waals surface area contributed by atoms with E-state index in [1.165, 1.54) is 4.31 Å². The van der Waals surface area contributed by atoms with Gasteiger partial charge in [-0.05, 0) is 42.3 Å². The van der Waals surface area contributed by atoms with E-state index in [9.17, 15) is 8.42 Å². The lowest BCUT2D eigenvalue weighted by Crippen LogP contribution is -2.27. The van der Waals surface area contributed by atoms with Crippen LogP contribution >= 0.6 is 0 Å². The Labute approximate surface area is 125 Å². The highest BCUT2D eigenvalue weighted by Crippen LogP contribution is 2.24. The molecule has 0 unspecified atom stereocenters. The summed E-state index contributed by atoms with van der Waals surface area (Å²) in [4.78, 5) is 4.28. The van der Waals surface area contributed by atoms with Crippen molar-refractivity contribution in [3.8, 4) is 5.75 Å². The number of hydrogen-bond acceptors (Lipinski definition) is 4. The number of aryl methyl sites for hydroxylation is 1. The first-order valence-corrected chi connectivity index (χ1v) is 7.89. The van der Waals surface area contributed by atoms with Crippen LogP contribution in [0.5, 0.6) is 5.75 Å². The molecule has 2 rings (SSSR count). The molecule has 0 saturated heterocycles. The van der Waals surface area contributed by atoms with Crippen LogP contribution in [-0.2, 0) is 16.6 Å². The van der Waals surface area contributed by atoms with Crippen molar-refractivity contribution in [3.05, 3.63) is 53.9 Å². The Hall–Kier alpha value is -1.92. The molecule has 0 aliphatic carbocycles. The predicted molar refractivity (Wildman–Crippen MR) is 80.6 cm³/mol. The predicted octanol–water partition coefficient (Wildman–Crippen LogP) is 2.22. The van der Waals surface area contributed by atoms with Crippen LogP contribution in [0.1, 0.15) is 11.1 Å². The van der Waals surface area contributed by atoms with Crippen molar-refractivity contribution in [2.75, 3.05) is 14.2 Å². The number of nitrogens with zero attached hydrogens (tertiary/aromatic N) is 2. The number of rotatable bonds is 5. The van der Waals surface area contributed by atoms with Crippen molar-refractivity contribution < 1.29 is 13.2 Å². The third-order valence-electron chi connectivity index (χ3n) is 3.20. The minimum absolute atomic E-state index is 0.279. The Balaban J connectivity index is 2.29. The maximum absolute atomic E-state index is 12.6. The zero-order valence-corrected chi connectivity index (χ0v) is 13.1. The number of aromatic nitrogens is 1. The van der Waals surface area contributed by atoms with Gasteiger partial charge in [0.2, 0.25) is 10.0 Å². The van der Waals surface area contributed by atoms with E-state index in [4.69, 9.17) is 4.74 Å². The van der Waals surface area contributed by atoms with E-state index in [0.29, 0.717) is 11.3 Å². The lowest BCUT2D eigenvalue weighted by atomic mass is 10.2. The fourth-order valence-electron chi connectivity index (χ4n) is 2.04. The molecule has 21 heavy (non-hydrogen) atoms. The normalized spacial score (nSPS) is 11.6. The molecule has 0 aliphatic rings. The van der Waals surface area contributed by atoms with E-state index in [-0.39, 0.29) is 11.4 Å². The molecule has 6 heteroatoms. The van der Waals surface area contributed by atoms with Gasteiger partial charge in [-0.25, -0.2) is 8.42 Å². The lowest BCUT2D eigenvalue weighted by molar-refractivity contribution is 0.413. The summed E-state index contributed by atoms with van der Waals surface area (Å²) >= 11 is 0. The molecule has 0 aliphatic heterocycles. The van der Waals surface area contributed by atoms with Crippen LogP contribution in [0.2, 0.25) is 0 Å². The molecule has 0 N–H and O–H groups in total. The first-order chi connectivity index (χ1) is 9.95. The molecule has 1 heterocycles. The summed E-state index contributed by atoms with van der Waals surface area (Å²) in [6.45, 7) is 2.04. The number of methoxy groups -OCH3 is 1. The Bertz CT molecular complexity index is 715. The van der Waals surface area contributed by atoms with E-state index >= 15 is 0 Å². The molecule has 0 spiro atoms. The lowest BCUT2D eigenvalue weighted by Gasteiger charge is -2.18. The van der Waals surface area contributed by atoms with Crippen molar-refractivity contribution in [2.24, 2.45) is 0 Å². The van der Waals surface area contributed by atoms with Crippen molar-refractivity contribution >= 4 is 10.0 Å². The van der Waals surface area contributed by atoms with Crippen LogP contribution in [0.4, 0.5) is 0 Å². The SMILES string of the molecule is COc1ccc(S(=O)(=O)N(C)Cc2cccnc2)c(C)c1. The van der Waals surface area contributed by atoms with Gasteiger partial charge in [0.05, 0.1) is 12.0 Å². The maximum atomic E-state index is 12.6. The van der Waals surface area contributed by atoms with Gasteiger partial charge in [0.15, 0.2) is 0 Å². The summed E-state index contributed by atoms with van der Waals surface area (Å²) in [5.41, 5.74) is 1.50. The van der Waals surface area contributed by atoms with Gasteiger partial charge in [-0.3, -0.25) is 4.98 Å². The zero-order valence-electron chi connectivity index (χ0n) is 12.3. The van der Waals surface area contributed by atoms with Gasteiger partial charge in [-0.2, -0.15) is 4.31 Å². The number of hydrogen-bond donors (Lipinski definition) is 0. The van der Waals surface area contributed by atoms with Gasteiger partial charge in [0.25, 0.3) is 0 Å². The molecule has 5 nitrogen and oxygen atoms in total. The maximum Gasteiger partial charge on any atom is 0.243 e. The Morgan fingerprint density at radius 1 is 1.29 bits per heavy atom. The van der Waals surface area contributed by atoms with Gasteiger partial charge in [0.1, 0.15) is 5.75 Å². The minimum Gasteiger partial charge on any atom is -0.497 e. The monoisotopic (exact) mass is 306 g/mol. The molecule has 112 valence electrons. The van der Waals surface area contributed by atoms with Gasteiger partial charge >= 0.3 is 0 Å². The average Bonchev–Trinajstić information content (AvgIpc) is 2.47. The highest BCUT2D eigenvalue weighted by molar-refractivity contribution is 7.89. The summed E-state index contributed by atoms with van der Waals surface area (Å²) in [6, 6.07) is 8.57. The van der Waals surface area contributed by atoms with Crippen molar-refractivity contribution in [2.45, 2.75) is 18.4 Å². The number of sulfonamides is 1. The summed E-state index contributed by atoms with van der Waals surface area (Å²) in [5, 5.41) is 0. The fourth-order valence-corrected chi connectivity index (χ4v) is 3.40. The van der Waals surface area contributed by atoms with Crippen molar-refractivity contribution in [3.63, 3.8) is 0 Å². The Kier molecular flexibility index (Phi) is 4.59. The second-order valence-electron chi connectivity index (χ2n) is 4.75. The highest BCUT2D eigenvalue weighted by Gasteiger charge is 2.23. The molecular formula is C15H18N2O3S. The fraction of sp³-hybridized carbons (Fsp3) is 0.267. The minimum atomic E-state index is -3.54. The first kappa shape index (κ1) is 15.5. The third kappa shape index (κ3) is 3.40. The summed E-state index contributed by atoms with van der Waals surface area (Å²) in [7, 11) is -0.428. The standard InChI is InChI=1S/C15H18N2O3S/c1-12-9-14(20-3)6-7-15(12)21(18,19)17(2)11-13-5-4-8-16-10-13/h4-10H,11H2,1-3H3. The van der Waals surface area contributed by atoms with Gasteiger partial charge < -0.3 is 4.74 Å². The largest absolute Gasteiger partial charge is 0.497 e. The second-order valence-corrected chi connectivity index (χ2v) is 6.77. The first-order valence-electron chi connectivity index (χ1n) is 6.45. The van der Waals surface area contributed by atoms with Crippen LogP contribution in [0.3, 0.4) is 0 Å². The average molecular weight is 306 g/mol. The molecule has 0 saturated carbocycles. The van der Waals surface area contributed by atoms with Gasteiger partial charge in [-0.15, -0.1) is 0 Å². The number of pyridine rings is 1.